The summed E-state index contributed by atoms with van der Waals surface area (Å²) in [6.45, 7) is 1.38. The number of rotatable bonds is 5. The van der Waals surface area contributed by atoms with Gasteiger partial charge in [-0.2, -0.15) is 5.10 Å². The second kappa shape index (κ2) is 7.76. The molecule has 0 radical (unpaired) electrons. The van der Waals surface area contributed by atoms with E-state index in [1.165, 1.54) is 0 Å². The molecule has 6 nitrogen and oxygen atoms in total. The van der Waals surface area contributed by atoms with E-state index < -0.39 is 0 Å². The summed E-state index contributed by atoms with van der Waals surface area (Å²) < 4.78 is 12.6. The van der Waals surface area contributed by atoms with Crippen molar-refractivity contribution in [3.63, 3.8) is 0 Å². The van der Waals surface area contributed by atoms with E-state index in [2.05, 4.69) is 5.10 Å². The largest absolute Gasteiger partial charge is 0.497 e. The Morgan fingerprint density at radius 3 is 2.75 bits per heavy atom. The molecule has 0 spiro atoms. The smallest absolute Gasteiger partial charge is 0.253 e. The Morgan fingerprint density at radius 1 is 1.11 bits per heavy atom. The minimum atomic E-state index is 0.0402. The first-order chi connectivity index (χ1) is 13.7. The number of nitrogens with zero attached hydrogens (tertiary/aromatic N) is 3. The Hall–Kier alpha value is -3.28. The molecule has 1 atom stereocenters. The molecule has 1 aliphatic heterocycles. The molecule has 1 aliphatic rings. The molecule has 1 fully saturated rings. The topological polar surface area (TPSA) is 56.6 Å². The van der Waals surface area contributed by atoms with Gasteiger partial charge in [0.1, 0.15) is 11.5 Å². The molecule has 0 bridgehead atoms. The maximum atomic E-state index is 13.1. The predicted octanol–water partition coefficient (Wildman–Crippen LogP) is 3.52. The number of hydrogen-bond acceptors (Lipinski definition) is 4. The zero-order chi connectivity index (χ0) is 19.5. The van der Waals surface area contributed by atoms with Crippen LogP contribution in [0.15, 0.2) is 60.9 Å². The Balaban J connectivity index is 1.53. The van der Waals surface area contributed by atoms with Gasteiger partial charge < -0.3 is 14.4 Å². The third-order valence-electron chi connectivity index (χ3n) is 5.21. The predicted molar refractivity (Wildman–Crippen MR) is 106 cm³/mol. The Bertz CT molecular complexity index is 969. The zero-order valence-corrected chi connectivity index (χ0v) is 16.0. The maximum Gasteiger partial charge on any atom is 0.253 e. The van der Waals surface area contributed by atoms with Crippen molar-refractivity contribution < 1.29 is 14.3 Å². The van der Waals surface area contributed by atoms with E-state index in [9.17, 15) is 4.79 Å². The van der Waals surface area contributed by atoms with Crippen molar-refractivity contribution in [1.82, 2.24) is 14.7 Å². The minimum absolute atomic E-state index is 0.0402. The molecule has 4 rings (SSSR count). The number of carbonyl (C=O) groups excluding carboxylic acids is 1. The first kappa shape index (κ1) is 18.1. The van der Waals surface area contributed by atoms with Gasteiger partial charge in [-0.05, 0) is 48.9 Å². The average molecular weight is 377 g/mol. The lowest BCUT2D eigenvalue weighted by atomic mass is 9.97. The van der Waals surface area contributed by atoms with E-state index in [0.29, 0.717) is 12.1 Å². The highest BCUT2D eigenvalue weighted by atomic mass is 16.5. The zero-order valence-electron chi connectivity index (χ0n) is 16.0. The van der Waals surface area contributed by atoms with Gasteiger partial charge in [0, 0.05) is 42.5 Å². The van der Waals surface area contributed by atoms with Crippen molar-refractivity contribution in [2.45, 2.75) is 12.3 Å². The van der Waals surface area contributed by atoms with E-state index in [1.54, 1.807) is 25.1 Å². The van der Waals surface area contributed by atoms with Gasteiger partial charge in [-0.3, -0.25) is 4.79 Å². The summed E-state index contributed by atoms with van der Waals surface area (Å²) in [5.41, 5.74) is 2.63. The van der Waals surface area contributed by atoms with Crippen LogP contribution in [0.1, 0.15) is 28.3 Å². The molecular formula is C22H23N3O3. The lowest BCUT2D eigenvalue weighted by molar-refractivity contribution is 0.0790. The van der Waals surface area contributed by atoms with Crippen LogP contribution in [0.4, 0.5) is 0 Å². The summed E-state index contributed by atoms with van der Waals surface area (Å²) in [7, 11) is 3.33. The van der Waals surface area contributed by atoms with E-state index in [-0.39, 0.29) is 11.8 Å². The third kappa shape index (κ3) is 3.45. The summed E-state index contributed by atoms with van der Waals surface area (Å²) in [5, 5.41) is 4.24. The van der Waals surface area contributed by atoms with Crippen molar-refractivity contribution in [1.29, 1.82) is 0 Å². The molecule has 1 amide bonds. The number of carbonyl (C=O) groups is 1. The van der Waals surface area contributed by atoms with Crippen molar-refractivity contribution in [3.8, 4) is 17.2 Å². The van der Waals surface area contributed by atoms with Gasteiger partial charge in [0.15, 0.2) is 0 Å². The van der Waals surface area contributed by atoms with E-state index in [1.807, 2.05) is 59.6 Å². The maximum absolute atomic E-state index is 13.1. The summed E-state index contributed by atoms with van der Waals surface area (Å²) in [6.07, 6.45) is 4.49. The van der Waals surface area contributed by atoms with Crippen LogP contribution in [0, 0.1) is 0 Å². The standard InChI is InChI=1S/C22H23N3O3/c1-27-19-7-8-21(28-2)20(14-19)17-9-12-24(15-17)22(26)16-5-3-6-18(13-16)25-11-4-10-23-25/h3-8,10-11,13-14,17H,9,12,15H2,1-2H3/t17-/m1/s1. The lowest BCUT2D eigenvalue weighted by Crippen LogP contribution is -2.28. The highest BCUT2D eigenvalue weighted by Gasteiger charge is 2.30. The molecule has 0 saturated carbocycles. The Morgan fingerprint density at radius 2 is 2.00 bits per heavy atom. The number of amides is 1. The number of aromatic nitrogens is 2. The van der Waals surface area contributed by atoms with Gasteiger partial charge in [-0.15, -0.1) is 0 Å². The summed E-state index contributed by atoms with van der Waals surface area (Å²) in [4.78, 5) is 15.0. The number of ether oxygens (including phenoxy) is 2. The molecule has 1 saturated heterocycles. The first-order valence-corrected chi connectivity index (χ1v) is 9.31. The van der Waals surface area contributed by atoms with Gasteiger partial charge in [0.2, 0.25) is 0 Å². The molecular weight excluding hydrogens is 354 g/mol. The van der Waals surface area contributed by atoms with Crippen LogP contribution in [-0.2, 0) is 0 Å². The molecule has 3 aromatic rings. The van der Waals surface area contributed by atoms with Crippen LogP contribution in [0.2, 0.25) is 0 Å². The molecule has 144 valence electrons. The Kier molecular flexibility index (Phi) is 5.02. The fourth-order valence-corrected chi connectivity index (χ4v) is 3.74. The summed E-state index contributed by atoms with van der Waals surface area (Å²) >= 11 is 0. The van der Waals surface area contributed by atoms with Gasteiger partial charge in [-0.1, -0.05) is 6.07 Å². The second-order valence-corrected chi connectivity index (χ2v) is 6.85. The number of likely N-dealkylation sites (tertiary alicyclic amines) is 1. The average Bonchev–Trinajstić information content (AvgIpc) is 3.45. The first-order valence-electron chi connectivity index (χ1n) is 9.31. The van der Waals surface area contributed by atoms with Gasteiger partial charge in [-0.25, -0.2) is 4.68 Å². The second-order valence-electron chi connectivity index (χ2n) is 6.85. The van der Waals surface area contributed by atoms with Crippen LogP contribution in [0.5, 0.6) is 11.5 Å². The van der Waals surface area contributed by atoms with Crippen LogP contribution >= 0.6 is 0 Å². The van der Waals surface area contributed by atoms with Crippen molar-refractivity contribution >= 4 is 5.91 Å². The van der Waals surface area contributed by atoms with Crippen molar-refractivity contribution in [2.24, 2.45) is 0 Å². The highest BCUT2D eigenvalue weighted by Crippen LogP contribution is 2.36. The van der Waals surface area contributed by atoms with Crippen LogP contribution in [0.3, 0.4) is 0 Å². The molecule has 1 aromatic heterocycles. The molecule has 28 heavy (non-hydrogen) atoms. The van der Waals surface area contributed by atoms with E-state index >= 15 is 0 Å². The molecule has 0 unspecified atom stereocenters. The molecule has 6 heteroatoms. The van der Waals surface area contributed by atoms with E-state index in [4.69, 9.17) is 9.47 Å². The van der Waals surface area contributed by atoms with Crippen molar-refractivity contribution in [3.05, 3.63) is 72.1 Å². The van der Waals surface area contributed by atoms with Gasteiger partial charge >= 0.3 is 0 Å². The normalized spacial score (nSPS) is 16.2. The van der Waals surface area contributed by atoms with E-state index in [0.717, 1.165) is 35.7 Å². The molecule has 2 heterocycles. The Labute approximate surface area is 164 Å². The van der Waals surface area contributed by atoms with Crippen LogP contribution < -0.4 is 9.47 Å². The third-order valence-corrected chi connectivity index (χ3v) is 5.21. The summed E-state index contributed by atoms with van der Waals surface area (Å²) in [6, 6.07) is 15.3. The number of hydrogen-bond donors (Lipinski definition) is 0. The number of methoxy groups -OCH3 is 2. The van der Waals surface area contributed by atoms with Crippen molar-refractivity contribution in [2.75, 3.05) is 27.3 Å². The van der Waals surface area contributed by atoms with Crippen LogP contribution in [0.25, 0.3) is 5.69 Å². The molecule has 0 N–H and O–H groups in total. The SMILES string of the molecule is COc1ccc(OC)c([C@@H]2CCN(C(=O)c3cccc(-n4cccn4)c3)C2)c1. The fraction of sp³-hybridized carbons (Fsp3) is 0.273. The monoisotopic (exact) mass is 377 g/mol. The molecule has 0 aliphatic carbocycles. The number of benzene rings is 2. The molecule has 2 aromatic carbocycles. The highest BCUT2D eigenvalue weighted by molar-refractivity contribution is 5.95. The minimum Gasteiger partial charge on any atom is -0.497 e. The van der Waals surface area contributed by atoms with Crippen LogP contribution in [-0.4, -0.2) is 47.9 Å². The summed E-state index contributed by atoms with van der Waals surface area (Å²) in [5.74, 6) is 1.90. The van der Waals surface area contributed by atoms with Gasteiger partial charge in [0.05, 0.1) is 19.9 Å². The quantitative estimate of drug-likeness (QED) is 0.683. The fourth-order valence-electron chi connectivity index (χ4n) is 3.74. The van der Waals surface area contributed by atoms with Gasteiger partial charge in [0.25, 0.3) is 5.91 Å². The lowest BCUT2D eigenvalue weighted by Gasteiger charge is -2.19.